The minimum Gasteiger partial charge on any atom is -0.384 e. The first kappa shape index (κ1) is 14.5. The molecule has 1 aromatic rings. The van der Waals surface area contributed by atoms with Gasteiger partial charge in [0.2, 0.25) is 0 Å². The van der Waals surface area contributed by atoms with Crippen LogP contribution in [0.4, 0.5) is 18.9 Å². The van der Waals surface area contributed by atoms with Crippen molar-refractivity contribution >= 4 is 17.3 Å². The third kappa shape index (κ3) is 4.01. The highest BCUT2D eigenvalue weighted by atomic mass is 35.5. The second kappa shape index (κ2) is 6.01. The van der Waals surface area contributed by atoms with E-state index in [-0.39, 0.29) is 10.7 Å². The molecular formula is C13H15ClF3NO. The number of nitrogens with one attached hydrogen (secondary N) is 1. The van der Waals surface area contributed by atoms with Crippen molar-refractivity contribution < 1.29 is 17.9 Å². The topological polar surface area (TPSA) is 21.3 Å². The maximum absolute atomic E-state index is 12.9. The molecule has 1 saturated heterocycles. The van der Waals surface area contributed by atoms with E-state index in [9.17, 15) is 13.2 Å². The Kier molecular flexibility index (Phi) is 4.58. The molecule has 0 aromatic heterocycles. The molecule has 0 spiro atoms. The van der Waals surface area contributed by atoms with Crippen molar-refractivity contribution in [2.24, 2.45) is 5.92 Å². The first-order valence-electron chi connectivity index (χ1n) is 6.15. The SMILES string of the molecule is FC(F)(F)c1cc(Cl)ccc1NCC1CCOCC1. The van der Waals surface area contributed by atoms with Crippen LogP contribution in [-0.2, 0) is 10.9 Å². The first-order valence-corrected chi connectivity index (χ1v) is 6.53. The lowest BCUT2D eigenvalue weighted by Gasteiger charge is -2.23. The van der Waals surface area contributed by atoms with Gasteiger partial charge in [0.1, 0.15) is 0 Å². The molecule has 0 saturated carbocycles. The van der Waals surface area contributed by atoms with Crippen molar-refractivity contribution in [3.63, 3.8) is 0 Å². The summed E-state index contributed by atoms with van der Waals surface area (Å²) in [5, 5.41) is 2.97. The van der Waals surface area contributed by atoms with Crippen molar-refractivity contribution in [1.82, 2.24) is 0 Å². The van der Waals surface area contributed by atoms with Crippen molar-refractivity contribution in [3.8, 4) is 0 Å². The Morgan fingerprint density at radius 2 is 1.95 bits per heavy atom. The van der Waals surface area contributed by atoms with E-state index in [4.69, 9.17) is 16.3 Å². The zero-order chi connectivity index (χ0) is 13.9. The summed E-state index contributed by atoms with van der Waals surface area (Å²) in [4.78, 5) is 0. The highest BCUT2D eigenvalue weighted by molar-refractivity contribution is 6.30. The summed E-state index contributed by atoms with van der Waals surface area (Å²) in [6.45, 7) is 1.88. The molecule has 0 aliphatic carbocycles. The van der Waals surface area contributed by atoms with Gasteiger partial charge in [0.15, 0.2) is 0 Å². The van der Waals surface area contributed by atoms with Crippen molar-refractivity contribution in [2.45, 2.75) is 19.0 Å². The van der Waals surface area contributed by atoms with Gasteiger partial charge in [0.05, 0.1) is 5.56 Å². The number of alkyl halides is 3. The van der Waals surface area contributed by atoms with Crippen LogP contribution in [-0.4, -0.2) is 19.8 Å². The maximum Gasteiger partial charge on any atom is 0.418 e. The Hall–Kier alpha value is -0.940. The van der Waals surface area contributed by atoms with Gasteiger partial charge in [-0.25, -0.2) is 0 Å². The Labute approximate surface area is 114 Å². The predicted octanol–water partition coefficient (Wildman–Crippen LogP) is 4.20. The van der Waals surface area contributed by atoms with Gasteiger partial charge in [-0.3, -0.25) is 0 Å². The summed E-state index contributed by atoms with van der Waals surface area (Å²) < 4.78 is 43.8. The Morgan fingerprint density at radius 3 is 2.58 bits per heavy atom. The van der Waals surface area contributed by atoms with Gasteiger partial charge in [-0.15, -0.1) is 0 Å². The van der Waals surface area contributed by atoms with E-state index in [1.54, 1.807) is 0 Å². The van der Waals surface area contributed by atoms with Crippen molar-refractivity contribution in [2.75, 3.05) is 25.1 Å². The molecule has 1 heterocycles. The first-order chi connectivity index (χ1) is 8.97. The Bertz CT molecular complexity index is 430. The summed E-state index contributed by atoms with van der Waals surface area (Å²) in [5.74, 6) is 0.352. The van der Waals surface area contributed by atoms with Crippen LogP contribution in [0.25, 0.3) is 0 Å². The fraction of sp³-hybridized carbons (Fsp3) is 0.538. The molecule has 1 aliphatic heterocycles. The highest BCUT2D eigenvalue weighted by Crippen LogP contribution is 2.36. The molecule has 0 amide bonds. The van der Waals surface area contributed by atoms with Crippen molar-refractivity contribution in [1.29, 1.82) is 0 Å². The zero-order valence-corrected chi connectivity index (χ0v) is 11.0. The molecular weight excluding hydrogens is 279 g/mol. The van der Waals surface area contributed by atoms with Crippen LogP contribution < -0.4 is 5.32 Å². The van der Waals surface area contributed by atoms with Gasteiger partial charge in [-0.05, 0) is 37.0 Å². The van der Waals surface area contributed by atoms with Crippen LogP contribution in [0.5, 0.6) is 0 Å². The molecule has 6 heteroatoms. The Balaban J connectivity index is 2.06. The lowest BCUT2D eigenvalue weighted by atomic mass is 10.00. The molecule has 19 heavy (non-hydrogen) atoms. The number of benzene rings is 1. The summed E-state index contributed by atoms with van der Waals surface area (Å²) >= 11 is 5.63. The number of halogens is 4. The number of rotatable bonds is 3. The molecule has 0 unspecified atom stereocenters. The quantitative estimate of drug-likeness (QED) is 0.902. The highest BCUT2D eigenvalue weighted by Gasteiger charge is 2.33. The molecule has 2 nitrogen and oxygen atoms in total. The molecule has 1 fully saturated rings. The maximum atomic E-state index is 12.9. The van der Waals surface area contributed by atoms with Crippen LogP contribution in [0.2, 0.25) is 5.02 Å². The van der Waals surface area contributed by atoms with E-state index in [0.717, 1.165) is 18.9 Å². The monoisotopic (exact) mass is 293 g/mol. The minimum atomic E-state index is -4.40. The average Bonchev–Trinajstić information content (AvgIpc) is 2.37. The van der Waals surface area contributed by atoms with E-state index >= 15 is 0 Å². The molecule has 2 rings (SSSR count). The molecule has 0 bridgehead atoms. The van der Waals surface area contributed by atoms with Crippen LogP contribution in [0, 0.1) is 5.92 Å². The predicted molar refractivity (Wildman–Crippen MR) is 68.5 cm³/mol. The van der Waals surface area contributed by atoms with Gasteiger partial charge >= 0.3 is 6.18 Å². The molecule has 106 valence electrons. The summed E-state index contributed by atoms with van der Waals surface area (Å²) in [6.07, 6.45) is -2.65. The van der Waals surface area contributed by atoms with E-state index in [1.165, 1.54) is 12.1 Å². The molecule has 0 radical (unpaired) electrons. The van der Waals surface area contributed by atoms with Crippen LogP contribution in [0.3, 0.4) is 0 Å². The van der Waals surface area contributed by atoms with Crippen LogP contribution >= 0.6 is 11.6 Å². The molecule has 1 aliphatic rings. The lowest BCUT2D eigenvalue weighted by molar-refractivity contribution is -0.137. The van der Waals surface area contributed by atoms with Crippen LogP contribution in [0.1, 0.15) is 18.4 Å². The molecule has 0 atom stereocenters. The molecule has 1 N–H and O–H groups in total. The number of ether oxygens (including phenoxy) is 1. The van der Waals surface area contributed by atoms with E-state index in [0.29, 0.717) is 25.7 Å². The number of hydrogen-bond donors (Lipinski definition) is 1. The third-order valence-electron chi connectivity index (χ3n) is 3.21. The molecule has 1 aromatic carbocycles. The van der Waals surface area contributed by atoms with Gasteiger partial charge in [0, 0.05) is 30.5 Å². The summed E-state index contributed by atoms with van der Waals surface area (Å²) in [5.41, 5.74) is -0.629. The van der Waals surface area contributed by atoms with E-state index < -0.39 is 11.7 Å². The number of hydrogen-bond acceptors (Lipinski definition) is 2. The van der Waals surface area contributed by atoms with E-state index in [2.05, 4.69) is 5.32 Å². The summed E-state index contributed by atoms with van der Waals surface area (Å²) in [6, 6.07) is 3.79. The van der Waals surface area contributed by atoms with Gasteiger partial charge in [0.25, 0.3) is 0 Å². The second-order valence-electron chi connectivity index (χ2n) is 4.62. The average molecular weight is 294 g/mol. The standard InChI is InChI=1S/C13H15ClF3NO/c14-10-1-2-12(11(7-10)13(15,16)17)18-8-9-3-5-19-6-4-9/h1-2,7,9,18H,3-6,8H2. The van der Waals surface area contributed by atoms with E-state index in [1.807, 2.05) is 0 Å². The Morgan fingerprint density at radius 1 is 1.26 bits per heavy atom. The normalized spacial score (nSPS) is 17.5. The van der Waals surface area contributed by atoms with Crippen LogP contribution in [0.15, 0.2) is 18.2 Å². The lowest BCUT2D eigenvalue weighted by Crippen LogP contribution is -2.23. The van der Waals surface area contributed by atoms with Gasteiger partial charge in [-0.2, -0.15) is 13.2 Å². The summed E-state index contributed by atoms with van der Waals surface area (Å²) in [7, 11) is 0. The fourth-order valence-corrected chi connectivity index (χ4v) is 2.28. The fourth-order valence-electron chi connectivity index (χ4n) is 2.11. The minimum absolute atomic E-state index is 0.0865. The van der Waals surface area contributed by atoms with Gasteiger partial charge < -0.3 is 10.1 Å². The largest absolute Gasteiger partial charge is 0.418 e. The smallest absolute Gasteiger partial charge is 0.384 e. The zero-order valence-electron chi connectivity index (χ0n) is 10.3. The van der Waals surface area contributed by atoms with Gasteiger partial charge in [-0.1, -0.05) is 11.6 Å². The van der Waals surface area contributed by atoms with Crippen molar-refractivity contribution in [3.05, 3.63) is 28.8 Å². The second-order valence-corrected chi connectivity index (χ2v) is 5.06. The third-order valence-corrected chi connectivity index (χ3v) is 3.44. The number of anilines is 1.